The van der Waals surface area contributed by atoms with E-state index >= 15 is 0 Å². The van der Waals surface area contributed by atoms with Crippen LogP contribution in [0.2, 0.25) is 0 Å². The zero-order valence-electron chi connectivity index (χ0n) is 13.0. The number of nitrogens with two attached hydrogens (primary N) is 1. The standard InChI is InChI=1S/C17H21N3O2S/c18-12-17(6-8-22-9-7-17)15(21)20-16-19-11-14(23-16)10-13-4-2-1-3-5-13/h1-5,11H,6-10,12,18H2,(H,19,20,21). The van der Waals surface area contributed by atoms with Gasteiger partial charge in [-0.3, -0.25) is 4.79 Å². The summed E-state index contributed by atoms with van der Waals surface area (Å²) in [5.41, 5.74) is 6.58. The predicted octanol–water partition coefficient (Wildman–Crippen LogP) is 2.43. The molecule has 0 aliphatic carbocycles. The minimum Gasteiger partial charge on any atom is -0.381 e. The van der Waals surface area contributed by atoms with E-state index in [-0.39, 0.29) is 5.91 Å². The van der Waals surface area contributed by atoms with Gasteiger partial charge in [-0.05, 0) is 18.4 Å². The zero-order valence-corrected chi connectivity index (χ0v) is 13.8. The van der Waals surface area contributed by atoms with Crippen LogP contribution >= 0.6 is 11.3 Å². The average Bonchev–Trinajstić information content (AvgIpc) is 3.03. The maximum absolute atomic E-state index is 12.6. The number of anilines is 1. The molecule has 2 aromatic rings. The van der Waals surface area contributed by atoms with E-state index < -0.39 is 5.41 Å². The van der Waals surface area contributed by atoms with E-state index in [1.54, 1.807) is 0 Å². The number of amides is 1. The molecule has 1 saturated heterocycles. The number of nitrogens with one attached hydrogen (secondary N) is 1. The van der Waals surface area contributed by atoms with Crippen LogP contribution in [0.1, 0.15) is 23.3 Å². The van der Waals surface area contributed by atoms with Gasteiger partial charge in [-0.25, -0.2) is 4.98 Å². The van der Waals surface area contributed by atoms with Gasteiger partial charge in [0.15, 0.2) is 5.13 Å². The smallest absolute Gasteiger partial charge is 0.233 e. The number of rotatable bonds is 5. The Morgan fingerprint density at radius 1 is 1.30 bits per heavy atom. The Labute approximate surface area is 139 Å². The molecular weight excluding hydrogens is 310 g/mol. The van der Waals surface area contributed by atoms with E-state index in [1.165, 1.54) is 16.9 Å². The van der Waals surface area contributed by atoms with Crippen molar-refractivity contribution >= 4 is 22.4 Å². The Hall–Kier alpha value is -1.76. The lowest BCUT2D eigenvalue weighted by Crippen LogP contribution is -2.46. The van der Waals surface area contributed by atoms with E-state index in [0.29, 0.717) is 37.7 Å². The van der Waals surface area contributed by atoms with Gasteiger partial charge < -0.3 is 15.8 Å². The maximum atomic E-state index is 12.6. The van der Waals surface area contributed by atoms with Gasteiger partial charge in [-0.15, -0.1) is 11.3 Å². The minimum absolute atomic E-state index is 0.0380. The largest absolute Gasteiger partial charge is 0.381 e. The van der Waals surface area contributed by atoms with Crippen molar-refractivity contribution in [3.63, 3.8) is 0 Å². The molecule has 23 heavy (non-hydrogen) atoms. The van der Waals surface area contributed by atoms with Gasteiger partial charge in [0.05, 0.1) is 5.41 Å². The van der Waals surface area contributed by atoms with E-state index in [2.05, 4.69) is 22.4 Å². The molecule has 1 aromatic heterocycles. The minimum atomic E-state index is -0.524. The van der Waals surface area contributed by atoms with Crippen molar-refractivity contribution in [3.8, 4) is 0 Å². The summed E-state index contributed by atoms with van der Waals surface area (Å²) in [6.07, 6.45) is 3.98. The summed E-state index contributed by atoms with van der Waals surface area (Å²) in [6.45, 7) is 1.51. The Morgan fingerprint density at radius 3 is 2.74 bits per heavy atom. The number of benzene rings is 1. The lowest BCUT2D eigenvalue weighted by Gasteiger charge is -2.34. The molecule has 6 heteroatoms. The number of carbonyl (C=O) groups is 1. The first-order valence-electron chi connectivity index (χ1n) is 7.80. The van der Waals surface area contributed by atoms with E-state index in [0.717, 1.165) is 11.3 Å². The van der Waals surface area contributed by atoms with Gasteiger partial charge in [0.1, 0.15) is 0 Å². The fourth-order valence-electron chi connectivity index (χ4n) is 2.76. The van der Waals surface area contributed by atoms with Gasteiger partial charge in [0, 0.05) is 37.3 Å². The molecule has 0 radical (unpaired) electrons. The molecule has 1 amide bonds. The summed E-state index contributed by atoms with van der Waals surface area (Å²) in [7, 11) is 0. The number of carbonyl (C=O) groups excluding carboxylic acids is 1. The summed E-state index contributed by atoms with van der Waals surface area (Å²) in [5.74, 6) is -0.0380. The van der Waals surface area contributed by atoms with Crippen LogP contribution in [-0.2, 0) is 16.0 Å². The Bertz CT molecular complexity index is 651. The van der Waals surface area contributed by atoms with Crippen molar-refractivity contribution in [2.45, 2.75) is 19.3 Å². The second kappa shape index (κ2) is 7.21. The van der Waals surface area contributed by atoms with Gasteiger partial charge in [0.25, 0.3) is 0 Å². The third-order valence-corrected chi connectivity index (χ3v) is 5.23. The van der Waals surface area contributed by atoms with Crippen molar-refractivity contribution in [1.29, 1.82) is 0 Å². The van der Waals surface area contributed by atoms with Crippen LogP contribution in [0.4, 0.5) is 5.13 Å². The van der Waals surface area contributed by atoms with Crippen LogP contribution in [0.25, 0.3) is 0 Å². The maximum Gasteiger partial charge on any atom is 0.233 e. The summed E-state index contributed by atoms with van der Waals surface area (Å²) in [5, 5.41) is 3.58. The fraction of sp³-hybridized carbons (Fsp3) is 0.412. The molecule has 122 valence electrons. The summed E-state index contributed by atoms with van der Waals surface area (Å²) >= 11 is 1.51. The topological polar surface area (TPSA) is 77.2 Å². The van der Waals surface area contributed by atoms with Crippen molar-refractivity contribution in [1.82, 2.24) is 4.98 Å². The number of ether oxygens (including phenoxy) is 1. The van der Waals surface area contributed by atoms with Crippen LogP contribution < -0.4 is 11.1 Å². The Balaban J connectivity index is 1.65. The van der Waals surface area contributed by atoms with Crippen molar-refractivity contribution < 1.29 is 9.53 Å². The summed E-state index contributed by atoms with van der Waals surface area (Å²) < 4.78 is 5.35. The lowest BCUT2D eigenvalue weighted by molar-refractivity contribution is -0.130. The molecule has 1 aliphatic rings. The number of hydrogen-bond donors (Lipinski definition) is 2. The van der Waals surface area contributed by atoms with E-state index in [9.17, 15) is 4.79 Å². The lowest BCUT2D eigenvalue weighted by atomic mass is 9.79. The molecular formula is C17H21N3O2S. The molecule has 3 N–H and O–H groups in total. The highest BCUT2D eigenvalue weighted by molar-refractivity contribution is 7.15. The third-order valence-electron chi connectivity index (χ3n) is 4.32. The molecule has 3 rings (SSSR count). The first-order valence-corrected chi connectivity index (χ1v) is 8.61. The number of aromatic nitrogens is 1. The second-order valence-corrected chi connectivity index (χ2v) is 6.96. The Morgan fingerprint density at radius 2 is 2.04 bits per heavy atom. The molecule has 0 atom stereocenters. The zero-order chi connectivity index (χ0) is 16.1. The first-order chi connectivity index (χ1) is 11.2. The summed E-state index contributed by atoms with van der Waals surface area (Å²) in [6, 6.07) is 10.2. The van der Waals surface area contributed by atoms with Crippen LogP contribution in [0, 0.1) is 5.41 Å². The second-order valence-electron chi connectivity index (χ2n) is 5.85. The van der Waals surface area contributed by atoms with E-state index in [4.69, 9.17) is 10.5 Å². The van der Waals surface area contributed by atoms with Crippen molar-refractivity contribution in [2.24, 2.45) is 11.1 Å². The van der Waals surface area contributed by atoms with Crippen LogP contribution in [0.15, 0.2) is 36.5 Å². The normalized spacial score (nSPS) is 16.9. The third kappa shape index (κ3) is 3.77. The molecule has 0 saturated carbocycles. The highest BCUT2D eigenvalue weighted by Gasteiger charge is 2.39. The quantitative estimate of drug-likeness (QED) is 0.882. The number of nitrogens with zero attached hydrogens (tertiary/aromatic N) is 1. The Kier molecular flexibility index (Phi) is 5.05. The van der Waals surface area contributed by atoms with Crippen LogP contribution in [-0.4, -0.2) is 30.6 Å². The molecule has 1 fully saturated rings. The van der Waals surface area contributed by atoms with Crippen molar-refractivity contribution in [2.75, 3.05) is 25.1 Å². The summed E-state index contributed by atoms with van der Waals surface area (Å²) in [4.78, 5) is 18.1. The molecule has 5 nitrogen and oxygen atoms in total. The molecule has 0 spiro atoms. The van der Waals surface area contributed by atoms with Gasteiger partial charge in [0.2, 0.25) is 5.91 Å². The number of thiazole rings is 1. The van der Waals surface area contributed by atoms with Gasteiger partial charge >= 0.3 is 0 Å². The highest BCUT2D eigenvalue weighted by atomic mass is 32.1. The molecule has 2 heterocycles. The average molecular weight is 331 g/mol. The fourth-order valence-corrected chi connectivity index (χ4v) is 3.60. The first kappa shape index (κ1) is 16.1. The van der Waals surface area contributed by atoms with Crippen molar-refractivity contribution in [3.05, 3.63) is 47.0 Å². The molecule has 0 bridgehead atoms. The number of hydrogen-bond acceptors (Lipinski definition) is 5. The highest BCUT2D eigenvalue weighted by Crippen LogP contribution is 2.31. The molecule has 1 aliphatic heterocycles. The van der Waals surface area contributed by atoms with Gasteiger partial charge in [-0.1, -0.05) is 30.3 Å². The molecule has 0 unspecified atom stereocenters. The monoisotopic (exact) mass is 331 g/mol. The van der Waals surface area contributed by atoms with Gasteiger partial charge in [-0.2, -0.15) is 0 Å². The van der Waals surface area contributed by atoms with Crippen LogP contribution in [0.3, 0.4) is 0 Å². The predicted molar refractivity (Wildman–Crippen MR) is 91.5 cm³/mol. The van der Waals surface area contributed by atoms with Crippen LogP contribution in [0.5, 0.6) is 0 Å². The van der Waals surface area contributed by atoms with E-state index in [1.807, 2.05) is 24.4 Å². The SMILES string of the molecule is NCC1(C(=O)Nc2ncc(Cc3ccccc3)s2)CCOCC1. The molecule has 1 aromatic carbocycles.